The van der Waals surface area contributed by atoms with Gasteiger partial charge in [0.15, 0.2) is 5.13 Å². The average Bonchev–Trinajstić information content (AvgIpc) is 3.43. The lowest BCUT2D eigenvalue weighted by Crippen LogP contribution is -2.48. The Kier molecular flexibility index (Phi) is 7.36. The molecule has 8 nitrogen and oxygen atoms in total. The summed E-state index contributed by atoms with van der Waals surface area (Å²) in [7, 11) is 0. The molecule has 33 heavy (non-hydrogen) atoms. The van der Waals surface area contributed by atoms with Gasteiger partial charge in [-0.05, 0) is 37.3 Å². The first-order chi connectivity index (χ1) is 16.0. The van der Waals surface area contributed by atoms with E-state index in [1.807, 2.05) is 0 Å². The summed E-state index contributed by atoms with van der Waals surface area (Å²) in [5, 5.41) is 7.88. The van der Waals surface area contributed by atoms with Gasteiger partial charge in [-0.25, -0.2) is 9.37 Å². The van der Waals surface area contributed by atoms with Crippen LogP contribution in [0.4, 0.5) is 15.2 Å². The minimum atomic E-state index is -0.286. The van der Waals surface area contributed by atoms with E-state index in [2.05, 4.69) is 25.4 Å². The predicted octanol–water partition coefficient (Wildman–Crippen LogP) is 2.92. The second-order valence-corrected chi connectivity index (χ2v) is 8.68. The summed E-state index contributed by atoms with van der Waals surface area (Å²) in [5.74, 6) is -0.0726. The van der Waals surface area contributed by atoms with Crippen molar-refractivity contribution in [1.82, 2.24) is 15.2 Å². The second-order valence-electron chi connectivity index (χ2n) is 7.82. The van der Waals surface area contributed by atoms with E-state index in [0.717, 1.165) is 38.4 Å². The highest BCUT2D eigenvalue weighted by molar-refractivity contribution is 7.14. The average molecular weight is 472 g/mol. The molecule has 1 fully saturated rings. The zero-order chi connectivity index (χ0) is 23.2. The van der Waals surface area contributed by atoms with Crippen LogP contribution in [0.25, 0.3) is 0 Å². The Bertz CT molecular complexity index is 1090. The number of furan rings is 1. The molecule has 2 N–H and O–H groups in total. The lowest BCUT2D eigenvalue weighted by Gasteiger charge is -2.36. The number of hydrogen-bond donors (Lipinski definition) is 2. The van der Waals surface area contributed by atoms with Gasteiger partial charge in [-0.15, -0.1) is 11.3 Å². The first-order valence-corrected chi connectivity index (χ1v) is 11.7. The lowest BCUT2D eigenvalue weighted by molar-refractivity contribution is -0.120. The number of piperazine rings is 1. The normalized spacial score (nSPS) is 14.3. The Labute approximate surface area is 195 Å². The summed E-state index contributed by atoms with van der Waals surface area (Å²) in [6.45, 7) is 6.56. The van der Waals surface area contributed by atoms with Crippen molar-refractivity contribution in [3.8, 4) is 0 Å². The van der Waals surface area contributed by atoms with Gasteiger partial charge in [0.1, 0.15) is 11.6 Å². The van der Waals surface area contributed by atoms with Crippen molar-refractivity contribution in [1.29, 1.82) is 0 Å². The van der Waals surface area contributed by atoms with Gasteiger partial charge in [-0.1, -0.05) is 0 Å². The second kappa shape index (κ2) is 10.6. The number of halogens is 1. The molecule has 0 saturated carbocycles. The maximum absolute atomic E-state index is 13.1. The molecule has 2 aromatic heterocycles. The number of aromatic nitrogens is 1. The van der Waals surface area contributed by atoms with Crippen LogP contribution in [0, 0.1) is 12.7 Å². The molecule has 3 heterocycles. The Hall–Kier alpha value is -3.24. The molecule has 3 aromatic rings. The first kappa shape index (κ1) is 22.9. The van der Waals surface area contributed by atoms with Gasteiger partial charge in [0.2, 0.25) is 5.91 Å². The quantitative estimate of drug-likeness (QED) is 0.525. The number of aryl methyl sites for hydroxylation is 1. The molecule has 0 radical (unpaired) electrons. The first-order valence-electron chi connectivity index (χ1n) is 10.8. The summed E-state index contributed by atoms with van der Waals surface area (Å²) in [5.41, 5.74) is 2.11. The molecule has 0 atom stereocenters. The standard InChI is InChI=1S/C23H26FN5O3S/c1-16-20(6-13-32-16)22(31)27-23-26-18(15-33-23)14-21(30)25-7-8-28-9-11-29(12-10-28)19-4-2-17(24)3-5-19/h2-6,13,15H,7-12,14H2,1H3,(H,25,30)(H,26,27,31). The van der Waals surface area contributed by atoms with E-state index in [1.54, 1.807) is 30.5 Å². The highest BCUT2D eigenvalue weighted by Crippen LogP contribution is 2.19. The third-order valence-electron chi connectivity index (χ3n) is 5.53. The van der Waals surface area contributed by atoms with Crippen molar-refractivity contribution in [2.75, 3.05) is 49.5 Å². The summed E-state index contributed by atoms with van der Waals surface area (Å²) >= 11 is 1.28. The lowest BCUT2D eigenvalue weighted by atomic mass is 10.2. The van der Waals surface area contributed by atoms with Crippen molar-refractivity contribution in [2.24, 2.45) is 0 Å². The summed E-state index contributed by atoms with van der Waals surface area (Å²) in [4.78, 5) is 33.4. The third kappa shape index (κ3) is 6.17. The summed E-state index contributed by atoms with van der Waals surface area (Å²) in [6.07, 6.45) is 1.63. The maximum Gasteiger partial charge on any atom is 0.260 e. The number of anilines is 2. The van der Waals surface area contributed by atoms with E-state index >= 15 is 0 Å². The Morgan fingerprint density at radius 3 is 2.61 bits per heavy atom. The number of rotatable bonds is 8. The SMILES string of the molecule is Cc1occc1C(=O)Nc1nc(CC(=O)NCCN2CCN(c3ccc(F)cc3)CC2)cs1. The van der Waals surface area contributed by atoms with Crippen LogP contribution in [0.3, 0.4) is 0 Å². The van der Waals surface area contributed by atoms with Crippen LogP contribution in [0.2, 0.25) is 0 Å². The fourth-order valence-electron chi connectivity index (χ4n) is 3.69. The number of nitrogens with zero attached hydrogens (tertiary/aromatic N) is 3. The Morgan fingerprint density at radius 2 is 1.91 bits per heavy atom. The van der Waals surface area contributed by atoms with E-state index in [4.69, 9.17) is 4.42 Å². The zero-order valence-electron chi connectivity index (χ0n) is 18.3. The zero-order valence-corrected chi connectivity index (χ0v) is 19.2. The predicted molar refractivity (Wildman–Crippen MR) is 125 cm³/mol. The molecule has 1 saturated heterocycles. The van der Waals surface area contributed by atoms with Crippen molar-refractivity contribution in [3.63, 3.8) is 0 Å². The summed E-state index contributed by atoms with van der Waals surface area (Å²) in [6, 6.07) is 8.18. The van der Waals surface area contributed by atoms with Crippen molar-refractivity contribution in [2.45, 2.75) is 13.3 Å². The molecular formula is C23H26FN5O3S. The van der Waals surface area contributed by atoms with Crippen LogP contribution < -0.4 is 15.5 Å². The van der Waals surface area contributed by atoms with Crippen LogP contribution in [0.1, 0.15) is 21.8 Å². The Morgan fingerprint density at radius 1 is 1.15 bits per heavy atom. The number of benzene rings is 1. The number of hydrogen-bond acceptors (Lipinski definition) is 7. The molecule has 0 aliphatic carbocycles. The molecule has 1 aliphatic rings. The molecule has 10 heteroatoms. The fourth-order valence-corrected chi connectivity index (χ4v) is 4.40. The molecule has 1 aromatic carbocycles. The third-order valence-corrected chi connectivity index (χ3v) is 6.34. The maximum atomic E-state index is 13.1. The van der Waals surface area contributed by atoms with Crippen molar-refractivity contribution in [3.05, 3.63) is 64.8 Å². The van der Waals surface area contributed by atoms with Gasteiger partial charge in [-0.3, -0.25) is 19.8 Å². The molecule has 2 amide bonds. The number of nitrogens with one attached hydrogen (secondary N) is 2. The minimum Gasteiger partial charge on any atom is -0.469 e. The minimum absolute atomic E-state index is 0.103. The van der Waals surface area contributed by atoms with Crippen LogP contribution in [0.15, 0.2) is 46.4 Å². The summed E-state index contributed by atoms with van der Waals surface area (Å²) < 4.78 is 18.2. The molecule has 4 rings (SSSR count). The highest BCUT2D eigenvalue weighted by atomic mass is 32.1. The largest absolute Gasteiger partial charge is 0.469 e. The van der Waals surface area contributed by atoms with Crippen LogP contribution >= 0.6 is 11.3 Å². The molecule has 1 aliphatic heterocycles. The van der Waals surface area contributed by atoms with Gasteiger partial charge in [-0.2, -0.15) is 0 Å². The van der Waals surface area contributed by atoms with Crippen LogP contribution in [0.5, 0.6) is 0 Å². The Balaban J connectivity index is 1.15. The number of thiazole rings is 1. The van der Waals surface area contributed by atoms with Crippen LogP contribution in [-0.2, 0) is 11.2 Å². The molecule has 0 spiro atoms. The van der Waals surface area contributed by atoms with Gasteiger partial charge in [0.05, 0.1) is 23.9 Å². The monoisotopic (exact) mass is 471 g/mol. The van der Waals surface area contributed by atoms with Crippen molar-refractivity contribution >= 4 is 34.0 Å². The van der Waals surface area contributed by atoms with Gasteiger partial charge >= 0.3 is 0 Å². The smallest absolute Gasteiger partial charge is 0.260 e. The van der Waals surface area contributed by atoms with Gasteiger partial charge in [0.25, 0.3) is 5.91 Å². The molecule has 0 bridgehead atoms. The number of carbonyl (C=O) groups excluding carboxylic acids is 2. The van der Waals surface area contributed by atoms with E-state index < -0.39 is 0 Å². The van der Waals surface area contributed by atoms with E-state index in [9.17, 15) is 14.0 Å². The van der Waals surface area contributed by atoms with Crippen molar-refractivity contribution < 1.29 is 18.4 Å². The van der Waals surface area contributed by atoms with E-state index in [-0.39, 0.29) is 24.1 Å². The van der Waals surface area contributed by atoms with Gasteiger partial charge < -0.3 is 14.6 Å². The molecule has 174 valence electrons. The number of amides is 2. The van der Waals surface area contributed by atoms with Crippen LogP contribution in [-0.4, -0.2) is 61.0 Å². The highest BCUT2D eigenvalue weighted by Gasteiger charge is 2.18. The van der Waals surface area contributed by atoms with E-state index in [1.165, 1.54) is 29.7 Å². The van der Waals surface area contributed by atoms with E-state index in [0.29, 0.717) is 28.7 Å². The molecular weight excluding hydrogens is 445 g/mol. The topological polar surface area (TPSA) is 90.7 Å². The number of carbonyl (C=O) groups is 2. The fraction of sp³-hybridized carbons (Fsp3) is 0.348. The molecule has 0 unspecified atom stereocenters. The van der Waals surface area contributed by atoms with Gasteiger partial charge in [0, 0.05) is 50.3 Å².